The van der Waals surface area contributed by atoms with Crippen LogP contribution in [0.5, 0.6) is 0 Å². The number of hydrogen-bond acceptors (Lipinski definition) is 4. The van der Waals surface area contributed by atoms with Crippen molar-refractivity contribution in [3.8, 4) is 0 Å². The summed E-state index contributed by atoms with van der Waals surface area (Å²) in [6.45, 7) is 0.618. The molecule has 21 heavy (non-hydrogen) atoms. The van der Waals surface area contributed by atoms with Crippen LogP contribution in [-0.4, -0.2) is 25.8 Å². The summed E-state index contributed by atoms with van der Waals surface area (Å²) in [5.41, 5.74) is 3.01. The number of nitrogens with zero attached hydrogens (tertiary/aromatic N) is 3. The molecule has 0 radical (unpaired) electrons. The Bertz CT molecular complexity index is 819. The first kappa shape index (κ1) is 12.5. The van der Waals surface area contributed by atoms with Gasteiger partial charge in [-0.2, -0.15) is 16.4 Å². The van der Waals surface area contributed by atoms with Crippen molar-refractivity contribution in [1.82, 2.24) is 14.8 Å². The molecule has 0 atom stereocenters. The molecule has 1 saturated carbocycles. The highest BCUT2D eigenvalue weighted by Crippen LogP contribution is 2.40. The number of aromatic carboxylic acids is 1. The van der Waals surface area contributed by atoms with E-state index in [1.807, 2.05) is 11.4 Å². The van der Waals surface area contributed by atoms with E-state index in [9.17, 15) is 9.90 Å². The summed E-state index contributed by atoms with van der Waals surface area (Å²) in [6.07, 6.45) is 3.79. The van der Waals surface area contributed by atoms with Gasteiger partial charge in [0.2, 0.25) is 0 Å². The molecule has 0 unspecified atom stereocenters. The third-order valence-corrected chi connectivity index (χ3v) is 4.50. The lowest BCUT2D eigenvalue weighted by atomic mass is 10.1. The number of carboxylic acids is 1. The van der Waals surface area contributed by atoms with E-state index in [2.05, 4.69) is 15.5 Å². The van der Waals surface area contributed by atoms with E-state index in [1.54, 1.807) is 28.3 Å². The monoisotopic (exact) mass is 299 g/mol. The highest BCUT2D eigenvalue weighted by Gasteiger charge is 2.27. The number of thiophene rings is 1. The molecule has 0 aromatic carbocycles. The second-order valence-electron chi connectivity index (χ2n) is 5.35. The van der Waals surface area contributed by atoms with Crippen LogP contribution in [0.1, 0.15) is 40.4 Å². The van der Waals surface area contributed by atoms with Crippen LogP contribution in [0.15, 0.2) is 29.1 Å². The standard InChI is InChI=1S/C15H13N3O2S/c19-15(20)11-5-13(10-1-2-10)17-14-12(11)6-16-18(14)7-9-3-4-21-8-9/h3-6,8,10H,1-2,7H2,(H,19,20). The van der Waals surface area contributed by atoms with Crippen LogP contribution in [-0.2, 0) is 6.54 Å². The highest BCUT2D eigenvalue weighted by molar-refractivity contribution is 7.07. The highest BCUT2D eigenvalue weighted by atomic mass is 32.1. The van der Waals surface area contributed by atoms with Gasteiger partial charge in [-0.05, 0) is 41.3 Å². The van der Waals surface area contributed by atoms with E-state index in [0.29, 0.717) is 29.1 Å². The largest absolute Gasteiger partial charge is 0.478 e. The molecule has 1 N–H and O–H groups in total. The van der Waals surface area contributed by atoms with Crippen LogP contribution in [0.25, 0.3) is 11.0 Å². The number of rotatable bonds is 4. The zero-order chi connectivity index (χ0) is 14.4. The van der Waals surface area contributed by atoms with Crippen molar-refractivity contribution in [2.24, 2.45) is 0 Å². The van der Waals surface area contributed by atoms with E-state index < -0.39 is 5.97 Å². The van der Waals surface area contributed by atoms with Crippen LogP contribution in [0.3, 0.4) is 0 Å². The summed E-state index contributed by atoms with van der Waals surface area (Å²) in [4.78, 5) is 16.1. The lowest BCUT2D eigenvalue weighted by Crippen LogP contribution is -2.05. The summed E-state index contributed by atoms with van der Waals surface area (Å²) in [7, 11) is 0. The fourth-order valence-electron chi connectivity index (χ4n) is 2.50. The van der Waals surface area contributed by atoms with Crippen molar-refractivity contribution in [2.75, 3.05) is 0 Å². The summed E-state index contributed by atoms with van der Waals surface area (Å²) >= 11 is 1.64. The Morgan fingerprint density at radius 2 is 2.33 bits per heavy atom. The van der Waals surface area contributed by atoms with Crippen molar-refractivity contribution in [3.63, 3.8) is 0 Å². The van der Waals surface area contributed by atoms with Gasteiger partial charge in [0.1, 0.15) is 0 Å². The van der Waals surface area contributed by atoms with Gasteiger partial charge in [0.25, 0.3) is 0 Å². The smallest absolute Gasteiger partial charge is 0.336 e. The van der Waals surface area contributed by atoms with Crippen molar-refractivity contribution in [1.29, 1.82) is 0 Å². The first-order valence-corrected chi connectivity index (χ1v) is 7.77. The van der Waals surface area contributed by atoms with Crippen molar-refractivity contribution >= 4 is 28.3 Å². The first-order chi connectivity index (χ1) is 10.2. The van der Waals surface area contributed by atoms with E-state index in [1.165, 1.54) is 0 Å². The van der Waals surface area contributed by atoms with Gasteiger partial charge >= 0.3 is 5.97 Å². The third-order valence-electron chi connectivity index (χ3n) is 3.77. The molecule has 0 saturated heterocycles. The molecule has 4 rings (SSSR count). The fraction of sp³-hybridized carbons (Fsp3) is 0.267. The fourth-order valence-corrected chi connectivity index (χ4v) is 3.16. The van der Waals surface area contributed by atoms with Gasteiger partial charge in [-0.1, -0.05) is 0 Å². The Morgan fingerprint density at radius 3 is 3.00 bits per heavy atom. The molecule has 1 aliphatic rings. The zero-order valence-electron chi connectivity index (χ0n) is 11.2. The molecule has 0 amide bonds. The second kappa shape index (κ2) is 4.66. The molecule has 1 aliphatic carbocycles. The van der Waals surface area contributed by atoms with E-state index >= 15 is 0 Å². The molecule has 3 aromatic rings. The van der Waals surface area contributed by atoms with Gasteiger partial charge in [-0.15, -0.1) is 0 Å². The van der Waals surface area contributed by atoms with Crippen LogP contribution >= 0.6 is 11.3 Å². The molecular formula is C15H13N3O2S. The molecule has 6 heteroatoms. The summed E-state index contributed by atoms with van der Waals surface area (Å²) < 4.78 is 1.79. The number of aromatic nitrogens is 3. The SMILES string of the molecule is O=C(O)c1cc(C2CC2)nc2c1cnn2Cc1ccsc1. The van der Waals surface area contributed by atoms with Crippen LogP contribution in [0, 0.1) is 0 Å². The second-order valence-corrected chi connectivity index (χ2v) is 6.13. The van der Waals surface area contributed by atoms with Crippen molar-refractivity contribution < 1.29 is 9.90 Å². The maximum absolute atomic E-state index is 11.5. The van der Waals surface area contributed by atoms with Crippen LogP contribution < -0.4 is 0 Å². The van der Waals surface area contributed by atoms with Gasteiger partial charge in [-0.25, -0.2) is 14.5 Å². The van der Waals surface area contributed by atoms with Crippen LogP contribution in [0.4, 0.5) is 0 Å². The summed E-state index contributed by atoms with van der Waals surface area (Å²) in [5, 5.41) is 18.4. The van der Waals surface area contributed by atoms with E-state index in [4.69, 9.17) is 0 Å². The Kier molecular flexibility index (Phi) is 2.78. The molecule has 106 valence electrons. The van der Waals surface area contributed by atoms with E-state index in [-0.39, 0.29) is 0 Å². The molecular weight excluding hydrogens is 286 g/mol. The van der Waals surface area contributed by atoms with Crippen molar-refractivity contribution in [3.05, 3.63) is 45.9 Å². The van der Waals surface area contributed by atoms with Gasteiger partial charge in [0, 0.05) is 11.6 Å². The summed E-state index contributed by atoms with van der Waals surface area (Å²) in [6, 6.07) is 3.75. The van der Waals surface area contributed by atoms with Crippen molar-refractivity contribution in [2.45, 2.75) is 25.3 Å². The normalized spacial score (nSPS) is 14.7. The zero-order valence-corrected chi connectivity index (χ0v) is 12.0. The molecule has 0 spiro atoms. The number of pyridine rings is 1. The molecule has 0 bridgehead atoms. The Morgan fingerprint density at radius 1 is 1.48 bits per heavy atom. The number of fused-ring (bicyclic) bond motifs is 1. The predicted octanol–water partition coefficient (Wildman–Crippen LogP) is 3.12. The van der Waals surface area contributed by atoms with Crippen LogP contribution in [0.2, 0.25) is 0 Å². The maximum atomic E-state index is 11.5. The van der Waals surface area contributed by atoms with E-state index in [0.717, 1.165) is 24.1 Å². The summed E-state index contributed by atoms with van der Waals surface area (Å²) in [5.74, 6) is -0.503. The topological polar surface area (TPSA) is 68.0 Å². The minimum atomic E-state index is -0.917. The lowest BCUT2D eigenvalue weighted by Gasteiger charge is -2.05. The third kappa shape index (κ3) is 2.21. The molecule has 1 fully saturated rings. The Balaban J connectivity index is 1.86. The maximum Gasteiger partial charge on any atom is 0.336 e. The number of hydrogen-bond donors (Lipinski definition) is 1. The minimum absolute atomic E-state index is 0.304. The number of carbonyl (C=O) groups is 1. The quantitative estimate of drug-likeness (QED) is 0.803. The predicted molar refractivity (Wildman–Crippen MR) is 79.9 cm³/mol. The van der Waals surface area contributed by atoms with Gasteiger partial charge < -0.3 is 5.11 Å². The van der Waals surface area contributed by atoms with Gasteiger partial charge in [0.05, 0.1) is 23.7 Å². The number of carboxylic acid groups (broad SMARTS) is 1. The Hall–Kier alpha value is -2.21. The average Bonchev–Trinajstić information content (AvgIpc) is 3.06. The Labute approximate surface area is 124 Å². The average molecular weight is 299 g/mol. The van der Waals surface area contributed by atoms with Gasteiger partial charge in [-0.3, -0.25) is 0 Å². The minimum Gasteiger partial charge on any atom is -0.478 e. The molecule has 3 aromatic heterocycles. The first-order valence-electron chi connectivity index (χ1n) is 6.83. The molecule has 0 aliphatic heterocycles. The lowest BCUT2D eigenvalue weighted by molar-refractivity contribution is 0.0699. The molecule has 3 heterocycles. The molecule has 5 nitrogen and oxygen atoms in total. The van der Waals surface area contributed by atoms with Gasteiger partial charge in [0.15, 0.2) is 5.65 Å².